The summed E-state index contributed by atoms with van der Waals surface area (Å²) in [5, 5.41) is 11.7. The van der Waals surface area contributed by atoms with Crippen LogP contribution in [0.25, 0.3) is 0 Å². The molecule has 1 aromatic carbocycles. The molecule has 2 N–H and O–H groups in total. The van der Waals surface area contributed by atoms with E-state index < -0.39 is 17.8 Å². The van der Waals surface area contributed by atoms with Crippen LogP contribution in [0, 0.1) is 12.7 Å². The zero-order chi connectivity index (χ0) is 13.5. The first-order chi connectivity index (χ1) is 8.58. The zero-order valence-electron chi connectivity index (χ0n) is 10.6. The number of aliphatic hydroxyl groups is 1. The number of aryl methyl sites for hydroxylation is 1. The van der Waals surface area contributed by atoms with E-state index in [0.29, 0.717) is 13.0 Å². The molecule has 0 aliphatic rings. The van der Waals surface area contributed by atoms with Gasteiger partial charge in [0.05, 0.1) is 18.2 Å². The van der Waals surface area contributed by atoms with Crippen LogP contribution < -0.4 is 5.32 Å². The van der Waals surface area contributed by atoms with Crippen LogP contribution in [-0.2, 0) is 4.74 Å². The van der Waals surface area contributed by atoms with Crippen molar-refractivity contribution in [1.29, 1.82) is 0 Å². The molecule has 1 unspecified atom stereocenters. The summed E-state index contributed by atoms with van der Waals surface area (Å²) in [7, 11) is 1.54. The topological polar surface area (TPSA) is 58.6 Å². The van der Waals surface area contributed by atoms with Crippen LogP contribution in [0.15, 0.2) is 18.2 Å². The van der Waals surface area contributed by atoms with E-state index in [0.717, 1.165) is 5.56 Å². The van der Waals surface area contributed by atoms with Crippen molar-refractivity contribution in [3.05, 3.63) is 35.1 Å². The first-order valence-corrected chi connectivity index (χ1v) is 5.75. The van der Waals surface area contributed by atoms with Gasteiger partial charge >= 0.3 is 0 Å². The average Bonchev–Trinajstić information content (AvgIpc) is 2.37. The molecule has 0 spiro atoms. The monoisotopic (exact) mass is 255 g/mol. The Morgan fingerprint density at radius 1 is 1.56 bits per heavy atom. The number of aliphatic hydroxyl groups excluding tert-OH is 1. The van der Waals surface area contributed by atoms with E-state index in [1.54, 1.807) is 13.0 Å². The second-order valence-electron chi connectivity index (χ2n) is 4.12. The van der Waals surface area contributed by atoms with Gasteiger partial charge in [-0.25, -0.2) is 4.39 Å². The molecule has 0 aliphatic heterocycles. The number of halogens is 1. The molecule has 1 aromatic rings. The maximum absolute atomic E-state index is 13.5. The van der Waals surface area contributed by atoms with Gasteiger partial charge in [0.15, 0.2) is 0 Å². The number of amides is 1. The number of methoxy groups -OCH3 is 1. The van der Waals surface area contributed by atoms with Crippen LogP contribution in [0.4, 0.5) is 4.39 Å². The Morgan fingerprint density at radius 3 is 2.89 bits per heavy atom. The molecule has 0 heterocycles. The number of hydrogen-bond donors (Lipinski definition) is 2. The summed E-state index contributed by atoms with van der Waals surface area (Å²) in [4.78, 5) is 11.8. The van der Waals surface area contributed by atoms with Crippen molar-refractivity contribution in [2.75, 3.05) is 20.3 Å². The quantitative estimate of drug-likeness (QED) is 0.804. The lowest BCUT2D eigenvalue weighted by Crippen LogP contribution is -2.38. The van der Waals surface area contributed by atoms with Gasteiger partial charge in [-0.1, -0.05) is 11.6 Å². The fourth-order valence-electron chi connectivity index (χ4n) is 1.55. The molecule has 1 amide bonds. The van der Waals surface area contributed by atoms with Gasteiger partial charge in [0.2, 0.25) is 0 Å². The van der Waals surface area contributed by atoms with Crippen LogP contribution in [0.5, 0.6) is 0 Å². The van der Waals surface area contributed by atoms with E-state index in [9.17, 15) is 9.18 Å². The van der Waals surface area contributed by atoms with Crippen molar-refractivity contribution in [2.45, 2.75) is 19.4 Å². The van der Waals surface area contributed by atoms with Crippen LogP contribution in [0.1, 0.15) is 22.3 Å². The highest BCUT2D eigenvalue weighted by molar-refractivity contribution is 5.94. The molecule has 0 saturated heterocycles. The van der Waals surface area contributed by atoms with E-state index in [4.69, 9.17) is 9.84 Å². The van der Waals surface area contributed by atoms with Crippen molar-refractivity contribution < 1.29 is 19.0 Å². The highest BCUT2D eigenvalue weighted by atomic mass is 19.1. The Kier molecular flexibility index (Phi) is 5.74. The molecule has 0 radical (unpaired) electrons. The van der Waals surface area contributed by atoms with Gasteiger partial charge in [0, 0.05) is 13.7 Å². The molecule has 18 heavy (non-hydrogen) atoms. The normalized spacial score (nSPS) is 12.2. The van der Waals surface area contributed by atoms with Crippen LogP contribution >= 0.6 is 0 Å². The second-order valence-corrected chi connectivity index (χ2v) is 4.12. The van der Waals surface area contributed by atoms with Crippen LogP contribution in [0.3, 0.4) is 0 Å². The predicted molar refractivity (Wildman–Crippen MR) is 66.0 cm³/mol. The van der Waals surface area contributed by atoms with Crippen molar-refractivity contribution in [2.24, 2.45) is 0 Å². The molecule has 100 valence electrons. The van der Waals surface area contributed by atoms with Gasteiger partial charge in [0.25, 0.3) is 5.91 Å². The van der Waals surface area contributed by atoms with Gasteiger partial charge in [-0.2, -0.15) is 0 Å². The molecule has 4 nitrogen and oxygen atoms in total. The number of rotatable bonds is 6. The van der Waals surface area contributed by atoms with E-state index in [2.05, 4.69) is 5.32 Å². The van der Waals surface area contributed by atoms with Crippen molar-refractivity contribution in [3.63, 3.8) is 0 Å². The third kappa shape index (κ3) is 4.09. The number of nitrogens with one attached hydrogen (secondary N) is 1. The Balaban J connectivity index is 2.71. The third-order valence-electron chi connectivity index (χ3n) is 2.59. The minimum Gasteiger partial charge on any atom is -0.394 e. The highest BCUT2D eigenvalue weighted by Crippen LogP contribution is 2.10. The SMILES string of the molecule is COCCC(CO)NC(=O)c1cc(C)ccc1F. The van der Waals surface area contributed by atoms with E-state index in [-0.39, 0.29) is 12.2 Å². The molecule has 0 saturated carbocycles. The Morgan fingerprint density at radius 2 is 2.28 bits per heavy atom. The van der Waals surface area contributed by atoms with Gasteiger partial charge in [0.1, 0.15) is 5.82 Å². The predicted octanol–water partition coefficient (Wildman–Crippen LogP) is 1.26. The first-order valence-electron chi connectivity index (χ1n) is 5.75. The summed E-state index contributed by atoms with van der Waals surface area (Å²) in [6, 6.07) is 3.90. The van der Waals surface area contributed by atoms with Gasteiger partial charge in [-0.3, -0.25) is 4.79 Å². The summed E-state index contributed by atoms with van der Waals surface area (Å²) in [5.74, 6) is -1.09. The average molecular weight is 255 g/mol. The van der Waals surface area contributed by atoms with Gasteiger partial charge < -0.3 is 15.2 Å². The molecule has 0 aromatic heterocycles. The summed E-state index contributed by atoms with van der Waals surface area (Å²) in [6.07, 6.45) is 0.478. The van der Waals surface area contributed by atoms with Crippen LogP contribution in [-0.4, -0.2) is 37.4 Å². The molecule has 0 fully saturated rings. The number of carbonyl (C=O) groups excluding carboxylic acids is 1. The number of ether oxygens (including phenoxy) is 1. The maximum Gasteiger partial charge on any atom is 0.254 e. The third-order valence-corrected chi connectivity index (χ3v) is 2.59. The number of carbonyl (C=O) groups is 1. The van der Waals surface area contributed by atoms with Gasteiger partial charge in [-0.15, -0.1) is 0 Å². The minimum absolute atomic E-state index is 0.00846. The lowest BCUT2D eigenvalue weighted by atomic mass is 10.1. The number of benzene rings is 1. The Labute approximate surface area is 106 Å². The molecule has 1 rings (SSSR count). The Hall–Kier alpha value is -1.46. The minimum atomic E-state index is -0.568. The molecular formula is C13H18FNO3. The van der Waals surface area contributed by atoms with Crippen molar-refractivity contribution >= 4 is 5.91 Å². The van der Waals surface area contributed by atoms with Crippen molar-refractivity contribution in [1.82, 2.24) is 5.32 Å². The molecule has 1 atom stereocenters. The fourth-order valence-corrected chi connectivity index (χ4v) is 1.55. The highest BCUT2D eigenvalue weighted by Gasteiger charge is 2.16. The summed E-state index contributed by atoms with van der Waals surface area (Å²) in [5.41, 5.74) is 0.796. The number of hydrogen-bond acceptors (Lipinski definition) is 3. The zero-order valence-corrected chi connectivity index (χ0v) is 10.6. The Bertz CT molecular complexity index is 409. The molecular weight excluding hydrogens is 237 g/mol. The summed E-state index contributed by atoms with van der Waals surface area (Å²) in [6.45, 7) is 2.00. The second kappa shape index (κ2) is 7.08. The first kappa shape index (κ1) is 14.6. The molecule has 0 aliphatic carbocycles. The summed E-state index contributed by atoms with van der Waals surface area (Å²) < 4.78 is 18.3. The molecule has 5 heteroatoms. The fraction of sp³-hybridized carbons (Fsp3) is 0.462. The lowest BCUT2D eigenvalue weighted by molar-refractivity contribution is 0.0890. The van der Waals surface area contributed by atoms with E-state index in [1.807, 2.05) is 0 Å². The largest absolute Gasteiger partial charge is 0.394 e. The lowest BCUT2D eigenvalue weighted by Gasteiger charge is -2.16. The standard InChI is InChI=1S/C13H18FNO3/c1-9-3-4-12(14)11(7-9)13(17)15-10(8-16)5-6-18-2/h3-4,7,10,16H,5-6,8H2,1-2H3,(H,15,17). The van der Waals surface area contributed by atoms with Gasteiger partial charge in [-0.05, 0) is 25.5 Å². The van der Waals surface area contributed by atoms with E-state index >= 15 is 0 Å². The van der Waals surface area contributed by atoms with Crippen LogP contribution in [0.2, 0.25) is 0 Å². The van der Waals surface area contributed by atoms with E-state index in [1.165, 1.54) is 19.2 Å². The maximum atomic E-state index is 13.5. The smallest absolute Gasteiger partial charge is 0.254 e. The summed E-state index contributed by atoms with van der Waals surface area (Å²) >= 11 is 0. The molecule has 0 bridgehead atoms. The van der Waals surface area contributed by atoms with Crippen molar-refractivity contribution in [3.8, 4) is 0 Å².